The number of rotatable bonds is 1. The molecule has 0 radical (unpaired) electrons. The molecule has 1 aliphatic heterocycles. The monoisotopic (exact) mass is 124 g/mol. The SMILES string of the molecule is CC(=O)C1C=CNC=N1. The third-order valence-corrected chi connectivity index (χ3v) is 1.10. The first-order valence-electron chi connectivity index (χ1n) is 2.75. The molecule has 0 aromatic carbocycles. The molecule has 1 N–H and O–H groups in total. The Labute approximate surface area is 53.5 Å². The predicted octanol–water partition coefficient (Wildman–Crippen LogP) is 0.0892. The number of nitrogens with one attached hydrogen (secondary N) is 1. The Morgan fingerprint density at radius 1 is 1.78 bits per heavy atom. The fourth-order valence-electron chi connectivity index (χ4n) is 0.603. The van der Waals surface area contributed by atoms with Crippen LogP contribution in [-0.2, 0) is 4.79 Å². The van der Waals surface area contributed by atoms with Gasteiger partial charge in [-0.2, -0.15) is 0 Å². The smallest absolute Gasteiger partial charge is 0.158 e. The van der Waals surface area contributed by atoms with Gasteiger partial charge in [0, 0.05) is 6.20 Å². The lowest BCUT2D eigenvalue weighted by Crippen LogP contribution is -2.19. The maximum atomic E-state index is 10.6. The van der Waals surface area contributed by atoms with Gasteiger partial charge in [-0.1, -0.05) is 0 Å². The minimum absolute atomic E-state index is 0.0731. The number of ketones is 1. The fraction of sp³-hybridized carbons (Fsp3) is 0.333. The minimum atomic E-state index is -0.258. The third-order valence-electron chi connectivity index (χ3n) is 1.10. The minimum Gasteiger partial charge on any atom is -0.353 e. The van der Waals surface area contributed by atoms with E-state index in [0.29, 0.717) is 0 Å². The van der Waals surface area contributed by atoms with E-state index in [1.165, 1.54) is 13.3 Å². The van der Waals surface area contributed by atoms with Crippen molar-refractivity contribution in [1.29, 1.82) is 0 Å². The number of carbonyl (C=O) groups excluding carboxylic acids is 1. The molecule has 1 atom stereocenters. The Bertz CT molecular complexity index is 160. The topological polar surface area (TPSA) is 41.5 Å². The van der Waals surface area contributed by atoms with Gasteiger partial charge in [-0.3, -0.25) is 9.79 Å². The predicted molar refractivity (Wildman–Crippen MR) is 35.2 cm³/mol. The number of Topliss-reactive ketones (excluding diaryl/α,β-unsaturated/α-hetero) is 1. The lowest BCUT2D eigenvalue weighted by atomic mass is 10.2. The summed E-state index contributed by atoms with van der Waals surface area (Å²) in [6.45, 7) is 1.53. The van der Waals surface area contributed by atoms with E-state index in [1.807, 2.05) is 0 Å². The molecule has 0 bridgehead atoms. The van der Waals surface area contributed by atoms with Gasteiger partial charge in [0.05, 0.1) is 6.34 Å². The van der Waals surface area contributed by atoms with Crippen molar-refractivity contribution in [2.24, 2.45) is 4.99 Å². The molecule has 0 saturated heterocycles. The van der Waals surface area contributed by atoms with Gasteiger partial charge in [0.15, 0.2) is 5.78 Å². The molecule has 48 valence electrons. The van der Waals surface area contributed by atoms with Crippen LogP contribution in [0.5, 0.6) is 0 Å². The second-order valence-electron chi connectivity index (χ2n) is 1.86. The van der Waals surface area contributed by atoms with Crippen LogP contribution in [0, 0.1) is 0 Å². The average molecular weight is 124 g/mol. The second kappa shape index (κ2) is 2.44. The van der Waals surface area contributed by atoms with E-state index in [-0.39, 0.29) is 11.8 Å². The van der Waals surface area contributed by atoms with Crippen molar-refractivity contribution in [2.75, 3.05) is 0 Å². The van der Waals surface area contributed by atoms with Gasteiger partial charge in [-0.25, -0.2) is 0 Å². The molecule has 0 amide bonds. The van der Waals surface area contributed by atoms with Crippen molar-refractivity contribution in [3.63, 3.8) is 0 Å². The molecule has 0 fully saturated rings. The molecule has 0 spiro atoms. The molecule has 0 aromatic heterocycles. The average Bonchev–Trinajstić information content (AvgIpc) is 1.90. The van der Waals surface area contributed by atoms with Crippen molar-refractivity contribution >= 4 is 12.1 Å². The van der Waals surface area contributed by atoms with E-state index in [4.69, 9.17) is 0 Å². The highest BCUT2D eigenvalue weighted by atomic mass is 16.1. The highest BCUT2D eigenvalue weighted by molar-refractivity contribution is 5.85. The largest absolute Gasteiger partial charge is 0.353 e. The fourth-order valence-corrected chi connectivity index (χ4v) is 0.603. The molecular weight excluding hydrogens is 116 g/mol. The van der Waals surface area contributed by atoms with Gasteiger partial charge < -0.3 is 5.32 Å². The van der Waals surface area contributed by atoms with E-state index in [9.17, 15) is 4.79 Å². The molecule has 1 rings (SSSR count). The van der Waals surface area contributed by atoms with E-state index >= 15 is 0 Å². The van der Waals surface area contributed by atoms with Gasteiger partial charge in [0.2, 0.25) is 0 Å². The lowest BCUT2D eigenvalue weighted by molar-refractivity contribution is -0.117. The molecule has 1 aliphatic rings. The van der Waals surface area contributed by atoms with Crippen LogP contribution in [0.4, 0.5) is 0 Å². The summed E-state index contributed by atoms with van der Waals surface area (Å²) in [6, 6.07) is -0.258. The van der Waals surface area contributed by atoms with Gasteiger partial charge in [-0.05, 0) is 13.0 Å². The highest BCUT2D eigenvalue weighted by Crippen LogP contribution is 1.95. The molecule has 3 heteroatoms. The van der Waals surface area contributed by atoms with Crippen LogP contribution in [0.1, 0.15) is 6.92 Å². The summed E-state index contributed by atoms with van der Waals surface area (Å²) in [7, 11) is 0. The summed E-state index contributed by atoms with van der Waals surface area (Å²) in [5, 5.41) is 2.75. The van der Waals surface area contributed by atoms with E-state index in [2.05, 4.69) is 10.3 Å². The van der Waals surface area contributed by atoms with Crippen molar-refractivity contribution in [3.05, 3.63) is 12.3 Å². The van der Waals surface area contributed by atoms with Crippen LogP contribution in [0.25, 0.3) is 0 Å². The number of nitrogens with zero attached hydrogens (tertiary/aromatic N) is 1. The summed E-state index contributed by atoms with van der Waals surface area (Å²) in [4.78, 5) is 14.5. The molecule has 1 unspecified atom stereocenters. The second-order valence-corrected chi connectivity index (χ2v) is 1.86. The highest BCUT2D eigenvalue weighted by Gasteiger charge is 2.07. The number of carbonyl (C=O) groups is 1. The first-order chi connectivity index (χ1) is 4.30. The van der Waals surface area contributed by atoms with E-state index < -0.39 is 0 Å². The van der Waals surface area contributed by atoms with Crippen molar-refractivity contribution in [2.45, 2.75) is 13.0 Å². The standard InChI is InChI=1S/C6H8N2O/c1-5(9)6-2-3-7-4-8-6/h2-4,6H,1H3,(H,7,8). The Kier molecular flexibility index (Phi) is 1.63. The zero-order valence-electron chi connectivity index (χ0n) is 5.16. The molecule has 3 nitrogen and oxygen atoms in total. The lowest BCUT2D eigenvalue weighted by Gasteiger charge is -2.05. The summed E-state index contributed by atoms with van der Waals surface area (Å²) >= 11 is 0. The van der Waals surface area contributed by atoms with Crippen LogP contribution in [-0.4, -0.2) is 18.2 Å². The van der Waals surface area contributed by atoms with Gasteiger partial charge >= 0.3 is 0 Å². The first kappa shape index (κ1) is 6.01. The summed E-state index contributed by atoms with van der Waals surface area (Å²) < 4.78 is 0. The van der Waals surface area contributed by atoms with Crippen LogP contribution < -0.4 is 5.32 Å². The van der Waals surface area contributed by atoms with Gasteiger partial charge in [0.25, 0.3) is 0 Å². The molecule has 0 aromatic rings. The number of hydrogen-bond acceptors (Lipinski definition) is 3. The Morgan fingerprint density at radius 3 is 2.89 bits per heavy atom. The Morgan fingerprint density at radius 2 is 2.56 bits per heavy atom. The zero-order chi connectivity index (χ0) is 6.69. The van der Waals surface area contributed by atoms with E-state index in [1.54, 1.807) is 12.3 Å². The first-order valence-corrected chi connectivity index (χ1v) is 2.75. The van der Waals surface area contributed by atoms with Crippen LogP contribution in [0.2, 0.25) is 0 Å². The zero-order valence-corrected chi connectivity index (χ0v) is 5.16. The normalized spacial score (nSPS) is 23.4. The molecule has 0 saturated carbocycles. The Balaban J connectivity index is 2.60. The van der Waals surface area contributed by atoms with Gasteiger partial charge in [-0.15, -0.1) is 0 Å². The summed E-state index contributed by atoms with van der Waals surface area (Å²) in [5.74, 6) is 0.0731. The van der Waals surface area contributed by atoms with Crippen LogP contribution >= 0.6 is 0 Å². The van der Waals surface area contributed by atoms with Crippen molar-refractivity contribution in [1.82, 2.24) is 5.32 Å². The Hall–Kier alpha value is -1.12. The third kappa shape index (κ3) is 1.38. The summed E-state index contributed by atoms with van der Waals surface area (Å²) in [5.41, 5.74) is 0. The maximum absolute atomic E-state index is 10.6. The molecule has 9 heavy (non-hydrogen) atoms. The maximum Gasteiger partial charge on any atom is 0.158 e. The summed E-state index contributed by atoms with van der Waals surface area (Å²) in [6.07, 6.45) is 4.95. The van der Waals surface area contributed by atoms with Gasteiger partial charge in [0.1, 0.15) is 6.04 Å². The van der Waals surface area contributed by atoms with E-state index in [0.717, 1.165) is 0 Å². The van der Waals surface area contributed by atoms with Crippen LogP contribution in [0.15, 0.2) is 17.3 Å². The number of aliphatic imine (C=N–C) groups is 1. The van der Waals surface area contributed by atoms with Crippen molar-refractivity contribution < 1.29 is 4.79 Å². The van der Waals surface area contributed by atoms with Crippen LogP contribution in [0.3, 0.4) is 0 Å². The van der Waals surface area contributed by atoms with Crippen molar-refractivity contribution in [3.8, 4) is 0 Å². The number of hydrogen-bond donors (Lipinski definition) is 1. The quantitative estimate of drug-likeness (QED) is 0.538. The molecule has 1 heterocycles. The molecule has 0 aliphatic carbocycles. The molecular formula is C6H8N2O.